The molecule has 0 radical (unpaired) electrons. The molecule has 1 atom stereocenters. The Kier molecular flexibility index (Phi) is 11.4. The van der Waals surface area contributed by atoms with E-state index in [2.05, 4.69) is 0 Å². The first kappa shape index (κ1) is 16.4. The molecule has 0 bridgehead atoms. The molecule has 0 fully saturated rings. The van der Waals surface area contributed by atoms with Crippen LogP contribution in [0.4, 0.5) is 0 Å². The first-order valence-corrected chi connectivity index (χ1v) is 6.15. The van der Waals surface area contributed by atoms with Crippen LogP contribution in [0.1, 0.15) is 26.2 Å². The summed E-state index contributed by atoms with van der Waals surface area (Å²) in [6.07, 6.45) is 2.37. The van der Waals surface area contributed by atoms with E-state index in [1.165, 1.54) is 0 Å². The Hall–Kier alpha value is -0.650. The summed E-state index contributed by atoms with van der Waals surface area (Å²) < 4.78 is 15.2. The maximum absolute atomic E-state index is 11.5. The highest BCUT2D eigenvalue weighted by Gasteiger charge is 2.13. The largest absolute Gasteiger partial charge is 0.465 e. The van der Waals surface area contributed by atoms with Crippen molar-refractivity contribution in [3.05, 3.63) is 0 Å². The number of rotatable bonds is 11. The van der Waals surface area contributed by atoms with Gasteiger partial charge in [-0.1, -0.05) is 6.92 Å². The van der Waals surface area contributed by atoms with E-state index < -0.39 is 0 Å². The molecule has 17 heavy (non-hydrogen) atoms. The van der Waals surface area contributed by atoms with Gasteiger partial charge in [-0.15, -0.1) is 0 Å². The molecule has 0 aliphatic carbocycles. The fourth-order valence-electron chi connectivity index (χ4n) is 1.26. The second kappa shape index (κ2) is 11.8. The van der Waals surface area contributed by atoms with Crippen LogP contribution in [0.3, 0.4) is 0 Å². The average molecular weight is 247 g/mol. The van der Waals surface area contributed by atoms with E-state index in [4.69, 9.17) is 19.9 Å². The lowest BCUT2D eigenvalue weighted by Crippen LogP contribution is -2.17. The Morgan fingerprint density at radius 1 is 1.18 bits per heavy atom. The van der Waals surface area contributed by atoms with Crippen molar-refractivity contribution in [2.75, 3.05) is 40.1 Å². The molecule has 0 aliphatic rings. The minimum Gasteiger partial charge on any atom is -0.465 e. The van der Waals surface area contributed by atoms with Gasteiger partial charge in [0, 0.05) is 20.1 Å². The highest BCUT2D eigenvalue weighted by molar-refractivity contribution is 5.71. The fourth-order valence-corrected chi connectivity index (χ4v) is 1.26. The lowest BCUT2D eigenvalue weighted by Gasteiger charge is -2.10. The molecule has 0 aromatic rings. The predicted molar refractivity (Wildman–Crippen MR) is 65.7 cm³/mol. The van der Waals surface area contributed by atoms with Crippen LogP contribution in [0.15, 0.2) is 0 Å². The zero-order valence-corrected chi connectivity index (χ0v) is 10.9. The molecule has 5 heteroatoms. The summed E-state index contributed by atoms with van der Waals surface area (Å²) in [7, 11) is 1.63. The molecule has 1 unspecified atom stereocenters. The lowest BCUT2D eigenvalue weighted by atomic mass is 10.1. The van der Waals surface area contributed by atoms with Gasteiger partial charge in [-0.3, -0.25) is 4.79 Å². The number of ether oxygens (including phenoxy) is 3. The zero-order chi connectivity index (χ0) is 12.9. The SMILES string of the molecule is COCCOCCCOC(=O)C(C)CCCN. The number of esters is 1. The van der Waals surface area contributed by atoms with Gasteiger partial charge in [0.2, 0.25) is 0 Å². The summed E-state index contributed by atoms with van der Waals surface area (Å²) in [6.45, 7) is 4.66. The van der Waals surface area contributed by atoms with Gasteiger partial charge in [0.15, 0.2) is 0 Å². The van der Waals surface area contributed by atoms with Crippen LogP contribution in [0.5, 0.6) is 0 Å². The topological polar surface area (TPSA) is 70.8 Å². The number of hydrogen-bond acceptors (Lipinski definition) is 5. The van der Waals surface area contributed by atoms with Gasteiger partial charge < -0.3 is 19.9 Å². The van der Waals surface area contributed by atoms with Crippen molar-refractivity contribution < 1.29 is 19.0 Å². The quantitative estimate of drug-likeness (QED) is 0.435. The minimum atomic E-state index is -0.143. The maximum Gasteiger partial charge on any atom is 0.308 e. The second-order valence-corrected chi connectivity index (χ2v) is 3.96. The first-order valence-electron chi connectivity index (χ1n) is 6.15. The van der Waals surface area contributed by atoms with E-state index in [0.29, 0.717) is 33.0 Å². The minimum absolute atomic E-state index is 0.0621. The number of nitrogens with two attached hydrogens (primary N) is 1. The molecule has 0 aromatic carbocycles. The van der Waals surface area contributed by atoms with Crippen LogP contribution in [0.2, 0.25) is 0 Å². The summed E-state index contributed by atoms with van der Waals surface area (Å²) in [6, 6.07) is 0. The Bertz CT molecular complexity index is 187. The molecule has 102 valence electrons. The van der Waals surface area contributed by atoms with Crippen LogP contribution >= 0.6 is 0 Å². The van der Waals surface area contributed by atoms with Gasteiger partial charge in [0.25, 0.3) is 0 Å². The van der Waals surface area contributed by atoms with E-state index in [0.717, 1.165) is 19.3 Å². The van der Waals surface area contributed by atoms with Crippen molar-refractivity contribution in [2.45, 2.75) is 26.2 Å². The number of hydrogen-bond donors (Lipinski definition) is 1. The summed E-state index contributed by atoms with van der Waals surface area (Å²) in [5.41, 5.74) is 5.38. The Morgan fingerprint density at radius 2 is 1.94 bits per heavy atom. The van der Waals surface area contributed by atoms with Crippen LogP contribution in [0.25, 0.3) is 0 Å². The molecular formula is C12H25NO4. The molecule has 0 amide bonds. The van der Waals surface area contributed by atoms with Crippen LogP contribution < -0.4 is 5.73 Å². The van der Waals surface area contributed by atoms with Crippen molar-refractivity contribution in [2.24, 2.45) is 11.7 Å². The summed E-state index contributed by atoms with van der Waals surface area (Å²) in [4.78, 5) is 11.5. The average Bonchev–Trinajstić information content (AvgIpc) is 2.34. The smallest absolute Gasteiger partial charge is 0.308 e. The van der Waals surface area contributed by atoms with Gasteiger partial charge in [0.05, 0.1) is 25.7 Å². The van der Waals surface area contributed by atoms with Crippen molar-refractivity contribution >= 4 is 5.97 Å². The number of carbonyl (C=O) groups excluding carboxylic acids is 1. The van der Waals surface area contributed by atoms with E-state index in [-0.39, 0.29) is 11.9 Å². The summed E-state index contributed by atoms with van der Waals surface area (Å²) >= 11 is 0. The third-order valence-electron chi connectivity index (χ3n) is 2.35. The van der Waals surface area contributed by atoms with Crippen LogP contribution in [-0.4, -0.2) is 46.1 Å². The monoisotopic (exact) mass is 247 g/mol. The summed E-state index contributed by atoms with van der Waals surface area (Å²) in [5.74, 6) is -0.205. The van der Waals surface area contributed by atoms with Gasteiger partial charge in [0.1, 0.15) is 0 Å². The molecule has 0 aliphatic heterocycles. The highest BCUT2D eigenvalue weighted by Crippen LogP contribution is 2.07. The van der Waals surface area contributed by atoms with Crippen LogP contribution in [-0.2, 0) is 19.0 Å². The highest BCUT2D eigenvalue weighted by atomic mass is 16.5. The lowest BCUT2D eigenvalue weighted by molar-refractivity contribution is -0.148. The predicted octanol–water partition coefficient (Wildman–Crippen LogP) is 0.958. The third-order valence-corrected chi connectivity index (χ3v) is 2.35. The second-order valence-electron chi connectivity index (χ2n) is 3.96. The fraction of sp³-hybridized carbons (Fsp3) is 0.917. The zero-order valence-electron chi connectivity index (χ0n) is 10.9. The van der Waals surface area contributed by atoms with E-state index in [1.807, 2.05) is 6.92 Å². The van der Waals surface area contributed by atoms with Gasteiger partial charge in [-0.2, -0.15) is 0 Å². The molecule has 0 saturated carbocycles. The molecule has 0 spiro atoms. The Morgan fingerprint density at radius 3 is 2.59 bits per heavy atom. The molecular weight excluding hydrogens is 222 g/mol. The standard InChI is InChI=1S/C12H25NO4/c1-11(5-3-6-13)12(14)17-8-4-7-16-10-9-15-2/h11H,3-10,13H2,1-2H3. The van der Waals surface area contributed by atoms with Gasteiger partial charge in [-0.05, 0) is 19.4 Å². The van der Waals surface area contributed by atoms with Gasteiger partial charge >= 0.3 is 5.97 Å². The van der Waals surface area contributed by atoms with Crippen molar-refractivity contribution in [3.8, 4) is 0 Å². The molecule has 5 nitrogen and oxygen atoms in total. The molecule has 0 aromatic heterocycles. The van der Waals surface area contributed by atoms with E-state index in [9.17, 15) is 4.79 Å². The molecule has 0 saturated heterocycles. The van der Waals surface area contributed by atoms with Crippen molar-refractivity contribution in [1.82, 2.24) is 0 Å². The normalized spacial score (nSPS) is 12.4. The number of carbonyl (C=O) groups is 1. The first-order chi connectivity index (χ1) is 8.22. The maximum atomic E-state index is 11.5. The Labute approximate surface area is 104 Å². The van der Waals surface area contributed by atoms with Crippen molar-refractivity contribution in [3.63, 3.8) is 0 Å². The molecule has 0 rings (SSSR count). The van der Waals surface area contributed by atoms with Crippen molar-refractivity contribution in [1.29, 1.82) is 0 Å². The molecule has 0 heterocycles. The van der Waals surface area contributed by atoms with E-state index >= 15 is 0 Å². The van der Waals surface area contributed by atoms with Gasteiger partial charge in [-0.25, -0.2) is 0 Å². The summed E-state index contributed by atoms with van der Waals surface area (Å²) in [5, 5.41) is 0. The van der Waals surface area contributed by atoms with Crippen LogP contribution in [0, 0.1) is 5.92 Å². The van der Waals surface area contributed by atoms with E-state index in [1.54, 1.807) is 7.11 Å². The number of methoxy groups -OCH3 is 1. The molecule has 2 N–H and O–H groups in total. The Balaban J connectivity index is 3.32. The third kappa shape index (κ3) is 10.2.